The van der Waals surface area contributed by atoms with E-state index in [0.717, 1.165) is 10.4 Å². The normalized spacial score (nSPS) is 29.2. The first-order valence-electron chi connectivity index (χ1n) is 8.29. The maximum Gasteiger partial charge on any atom is 0.229 e. The minimum atomic E-state index is -1.46. The van der Waals surface area contributed by atoms with E-state index >= 15 is 0 Å². The van der Waals surface area contributed by atoms with Gasteiger partial charge in [0.15, 0.2) is 0 Å². The van der Waals surface area contributed by atoms with Crippen molar-refractivity contribution in [2.24, 2.45) is 0 Å². The van der Waals surface area contributed by atoms with Gasteiger partial charge in [-0.25, -0.2) is 0 Å². The van der Waals surface area contributed by atoms with E-state index in [1.807, 2.05) is 48.7 Å². The monoisotopic (exact) mass is 378 g/mol. The third-order valence-electron chi connectivity index (χ3n) is 4.25. The molecule has 7 heteroatoms. The third-order valence-corrected chi connectivity index (χ3v) is 5.12. The minimum absolute atomic E-state index is 0.489. The van der Waals surface area contributed by atoms with Crippen LogP contribution in [0.3, 0.4) is 0 Å². The van der Waals surface area contributed by atoms with E-state index in [0.29, 0.717) is 5.75 Å². The summed E-state index contributed by atoms with van der Waals surface area (Å²) in [6, 6.07) is 9.81. The van der Waals surface area contributed by atoms with Crippen molar-refractivity contribution in [3.63, 3.8) is 0 Å². The molecule has 5 unspecified atom stereocenters. The smallest absolute Gasteiger partial charge is 0.229 e. The molecule has 4 N–H and O–H groups in total. The Hall–Kier alpha value is -1.74. The molecule has 1 aromatic carbocycles. The van der Waals surface area contributed by atoms with Gasteiger partial charge in [0, 0.05) is 0 Å². The number of aliphatic hydroxyl groups is 4. The Balaban J connectivity index is 1.73. The van der Waals surface area contributed by atoms with Crippen molar-refractivity contribution < 1.29 is 29.9 Å². The van der Waals surface area contributed by atoms with Crippen LogP contribution in [0.15, 0.2) is 35.7 Å². The van der Waals surface area contributed by atoms with Gasteiger partial charge >= 0.3 is 0 Å². The third kappa shape index (κ3) is 4.15. The average molecular weight is 378 g/mol. The fraction of sp³-hybridized carbons (Fsp3) is 0.368. The fourth-order valence-electron chi connectivity index (χ4n) is 2.67. The van der Waals surface area contributed by atoms with Crippen molar-refractivity contribution in [1.29, 1.82) is 0 Å². The van der Waals surface area contributed by atoms with Gasteiger partial charge < -0.3 is 29.9 Å². The van der Waals surface area contributed by atoms with E-state index in [9.17, 15) is 20.4 Å². The SMILES string of the molecule is Cc1ccc(/C=C/c2sccc2OC2OC(CO)C(O)C(O)C2O)cc1. The summed E-state index contributed by atoms with van der Waals surface area (Å²) in [6.07, 6.45) is -2.63. The van der Waals surface area contributed by atoms with Gasteiger partial charge in [-0.05, 0) is 30.0 Å². The van der Waals surface area contributed by atoms with Crippen molar-refractivity contribution in [1.82, 2.24) is 0 Å². The molecule has 6 nitrogen and oxygen atoms in total. The number of hydrogen-bond acceptors (Lipinski definition) is 7. The van der Waals surface area contributed by atoms with Gasteiger partial charge in [0.2, 0.25) is 6.29 Å². The summed E-state index contributed by atoms with van der Waals surface area (Å²) in [7, 11) is 0. The number of aliphatic hydroxyl groups excluding tert-OH is 4. The lowest BCUT2D eigenvalue weighted by atomic mass is 9.99. The van der Waals surface area contributed by atoms with E-state index < -0.39 is 37.3 Å². The predicted molar refractivity (Wildman–Crippen MR) is 98.8 cm³/mol. The van der Waals surface area contributed by atoms with Gasteiger partial charge in [-0.1, -0.05) is 35.9 Å². The second-order valence-electron chi connectivity index (χ2n) is 6.21. The summed E-state index contributed by atoms with van der Waals surface area (Å²) in [5.74, 6) is 0.489. The van der Waals surface area contributed by atoms with Crippen LogP contribution in [-0.2, 0) is 4.74 Å². The van der Waals surface area contributed by atoms with Gasteiger partial charge in [0.1, 0.15) is 30.2 Å². The first-order chi connectivity index (χ1) is 12.5. The lowest BCUT2D eigenvalue weighted by molar-refractivity contribution is -0.277. The van der Waals surface area contributed by atoms with Crippen LogP contribution in [0.5, 0.6) is 5.75 Å². The maximum atomic E-state index is 10.1. The Bertz CT molecular complexity index is 739. The minimum Gasteiger partial charge on any atom is -0.460 e. The molecular formula is C19H22O6S. The topological polar surface area (TPSA) is 99.4 Å². The summed E-state index contributed by atoms with van der Waals surface area (Å²) in [6.45, 7) is 1.54. The van der Waals surface area contributed by atoms with Crippen molar-refractivity contribution in [2.75, 3.05) is 6.61 Å². The Kier molecular flexibility index (Phi) is 6.08. The fourth-order valence-corrected chi connectivity index (χ4v) is 3.38. The molecular weight excluding hydrogens is 356 g/mol. The second-order valence-corrected chi connectivity index (χ2v) is 7.16. The lowest BCUT2D eigenvalue weighted by Crippen LogP contribution is -2.60. The molecule has 0 aliphatic carbocycles. The zero-order valence-electron chi connectivity index (χ0n) is 14.2. The number of ether oxygens (including phenoxy) is 2. The number of hydrogen-bond donors (Lipinski definition) is 4. The Morgan fingerprint density at radius 1 is 1.04 bits per heavy atom. The van der Waals surface area contributed by atoms with Gasteiger partial charge in [-0.3, -0.25) is 0 Å². The van der Waals surface area contributed by atoms with Gasteiger partial charge in [0.05, 0.1) is 11.5 Å². The number of rotatable bonds is 5. The molecule has 1 fully saturated rings. The van der Waals surface area contributed by atoms with Crippen LogP contribution in [0.25, 0.3) is 12.2 Å². The van der Waals surface area contributed by atoms with Crippen LogP contribution >= 0.6 is 11.3 Å². The second kappa shape index (κ2) is 8.30. The van der Waals surface area contributed by atoms with E-state index in [1.165, 1.54) is 16.9 Å². The average Bonchev–Trinajstić information content (AvgIpc) is 3.09. The summed E-state index contributed by atoms with van der Waals surface area (Å²) in [5, 5.41) is 40.9. The number of aryl methyl sites for hydroxylation is 1. The van der Waals surface area contributed by atoms with Crippen LogP contribution in [0.1, 0.15) is 16.0 Å². The van der Waals surface area contributed by atoms with Gasteiger partial charge in [0.25, 0.3) is 0 Å². The van der Waals surface area contributed by atoms with Crippen molar-refractivity contribution >= 4 is 23.5 Å². The largest absolute Gasteiger partial charge is 0.460 e. The standard InChI is InChI=1S/C19H22O6S/c1-11-2-4-12(5-3-11)6-7-15-13(8-9-26-15)24-19-18(23)17(22)16(21)14(10-20)25-19/h2-9,14,16-23H,10H2,1H3/b7-6+. The Morgan fingerprint density at radius 3 is 2.46 bits per heavy atom. The molecule has 140 valence electrons. The first kappa shape index (κ1) is 19.0. The summed E-state index contributed by atoms with van der Waals surface area (Å²) in [4.78, 5) is 0.822. The van der Waals surface area contributed by atoms with Crippen LogP contribution in [0, 0.1) is 6.92 Å². The molecule has 5 atom stereocenters. The van der Waals surface area contributed by atoms with E-state index in [1.54, 1.807) is 6.07 Å². The molecule has 1 saturated heterocycles. The maximum absolute atomic E-state index is 10.1. The number of thiophene rings is 1. The van der Waals surface area contributed by atoms with Crippen LogP contribution in [0.2, 0.25) is 0 Å². The highest BCUT2D eigenvalue weighted by molar-refractivity contribution is 7.11. The molecule has 3 rings (SSSR count). The molecule has 1 aliphatic heterocycles. The highest BCUT2D eigenvalue weighted by atomic mass is 32.1. The van der Waals surface area contributed by atoms with Crippen molar-refractivity contribution in [3.05, 3.63) is 51.7 Å². The van der Waals surface area contributed by atoms with Crippen molar-refractivity contribution in [2.45, 2.75) is 37.6 Å². The summed E-state index contributed by atoms with van der Waals surface area (Å²) in [5.41, 5.74) is 2.23. The lowest BCUT2D eigenvalue weighted by Gasteiger charge is -2.39. The number of benzene rings is 1. The summed E-state index contributed by atoms with van der Waals surface area (Å²) < 4.78 is 11.1. The van der Waals surface area contributed by atoms with Crippen LogP contribution in [-0.4, -0.2) is 57.7 Å². The first-order valence-corrected chi connectivity index (χ1v) is 9.17. The van der Waals surface area contributed by atoms with Gasteiger partial charge in [-0.15, -0.1) is 11.3 Å². The zero-order valence-corrected chi connectivity index (χ0v) is 15.0. The van der Waals surface area contributed by atoms with E-state index in [4.69, 9.17) is 9.47 Å². The van der Waals surface area contributed by atoms with E-state index in [-0.39, 0.29) is 0 Å². The molecule has 0 saturated carbocycles. The highest BCUT2D eigenvalue weighted by Crippen LogP contribution is 2.31. The molecule has 0 bridgehead atoms. The molecule has 2 heterocycles. The quantitative estimate of drug-likeness (QED) is 0.628. The summed E-state index contributed by atoms with van der Waals surface area (Å²) >= 11 is 1.46. The molecule has 1 aromatic heterocycles. The molecule has 2 aromatic rings. The van der Waals surface area contributed by atoms with Gasteiger partial charge in [-0.2, -0.15) is 0 Å². The molecule has 0 amide bonds. The zero-order chi connectivity index (χ0) is 18.7. The highest BCUT2D eigenvalue weighted by Gasteiger charge is 2.44. The van der Waals surface area contributed by atoms with E-state index in [2.05, 4.69) is 0 Å². The molecule has 1 aliphatic rings. The van der Waals surface area contributed by atoms with Crippen LogP contribution < -0.4 is 4.74 Å². The predicted octanol–water partition coefficient (Wildman–Crippen LogP) is 1.41. The van der Waals surface area contributed by atoms with Crippen LogP contribution in [0.4, 0.5) is 0 Å². The Labute approximate surface area is 155 Å². The molecule has 26 heavy (non-hydrogen) atoms. The van der Waals surface area contributed by atoms with Crippen molar-refractivity contribution in [3.8, 4) is 5.75 Å². The Morgan fingerprint density at radius 2 is 1.77 bits per heavy atom. The molecule has 0 radical (unpaired) electrons. The molecule has 0 spiro atoms.